The Kier molecular flexibility index (Phi) is 3.89. The minimum Gasteiger partial charge on any atom is -0.496 e. The molecule has 1 amide bonds. The van der Waals surface area contributed by atoms with Crippen molar-refractivity contribution in [2.75, 3.05) is 13.7 Å². The van der Waals surface area contributed by atoms with Gasteiger partial charge in [-0.3, -0.25) is 14.9 Å². The van der Waals surface area contributed by atoms with Gasteiger partial charge in [-0.05, 0) is 25.3 Å². The molecule has 1 aliphatic rings. The third kappa shape index (κ3) is 2.44. The van der Waals surface area contributed by atoms with Gasteiger partial charge in [-0.2, -0.15) is 0 Å². The number of methoxy groups -OCH3 is 1. The Morgan fingerprint density at radius 1 is 1.55 bits per heavy atom. The van der Waals surface area contributed by atoms with E-state index in [2.05, 4.69) is 5.32 Å². The van der Waals surface area contributed by atoms with Crippen molar-refractivity contribution in [1.29, 1.82) is 0 Å². The van der Waals surface area contributed by atoms with Crippen molar-refractivity contribution in [3.63, 3.8) is 0 Å². The quantitative estimate of drug-likeness (QED) is 0.624. The van der Waals surface area contributed by atoms with Gasteiger partial charge in [0.25, 0.3) is 11.6 Å². The van der Waals surface area contributed by atoms with Crippen molar-refractivity contribution in [3.8, 4) is 5.75 Å². The van der Waals surface area contributed by atoms with Crippen LogP contribution in [0.3, 0.4) is 0 Å². The Hall–Kier alpha value is -2.15. The van der Waals surface area contributed by atoms with Crippen LogP contribution in [0.4, 0.5) is 5.69 Å². The first-order valence-electron chi connectivity index (χ1n) is 6.28. The number of nitrogens with one attached hydrogen (secondary N) is 1. The average Bonchev–Trinajstić information content (AvgIpc) is 2.41. The fourth-order valence-electron chi connectivity index (χ4n) is 2.30. The molecule has 0 unspecified atom stereocenters. The van der Waals surface area contributed by atoms with Gasteiger partial charge in [-0.25, -0.2) is 0 Å². The molecular weight excluding hydrogens is 264 g/mol. The number of nitrogens with zero attached hydrogens (tertiary/aromatic N) is 1. The minimum atomic E-state index is -0.661. The number of carbonyl (C=O) groups excluding carboxylic acids is 1. The average molecular weight is 280 g/mol. The molecular formula is C13H16N2O5. The zero-order valence-corrected chi connectivity index (χ0v) is 11.1. The lowest BCUT2D eigenvalue weighted by atomic mass is 9.77. The van der Waals surface area contributed by atoms with Gasteiger partial charge in [0.05, 0.1) is 24.2 Å². The number of ether oxygens (including phenoxy) is 1. The SMILES string of the molecule is COc1cccc([N+](=O)[O-])c1C(=O)NC1(CO)CCC1. The molecule has 1 fully saturated rings. The number of carbonyl (C=O) groups is 1. The van der Waals surface area contributed by atoms with Crippen molar-refractivity contribution in [3.05, 3.63) is 33.9 Å². The highest BCUT2D eigenvalue weighted by atomic mass is 16.6. The molecule has 1 aliphatic carbocycles. The van der Waals surface area contributed by atoms with E-state index in [0.29, 0.717) is 12.8 Å². The van der Waals surface area contributed by atoms with E-state index in [1.165, 1.54) is 25.3 Å². The van der Waals surface area contributed by atoms with Crippen LogP contribution >= 0.6 is 0 Å². The maximum absolute atomic E-state index is 12.3. The minimum absolute atomic E-state index is 0.111. The van der Waals surface area contributed by atoms with Gasteiger partial charge in [0.1, 0.15) is 5.75 Å². The summed E-state index contributed by atoms with van der Waals surface area (Å²) in [7, 11) is 1.35. The van der Waals surface area contributed by atoms with Crippen LogP contribution < -0.4 is 10.1 Å². The molecule has 0 aromatic heterocycles. The number of hydrogen-bond donors (Lipinski definition) is 2. The first-order chi connectivity index (χ1) is 9.53. The van der Waals surface area contributed by atoms with Crippen molar-refractivity contribution >= 4 is 11.6 Å². The molecule has 7 heteroatoms. The first-order valence-corrected chi connectivity index (χ1v) is 6.28. The van der Waals surface area contributed by atoms with E-state index in [-0.39, 0.29) is 23.6 Å². The van der Waals surface area contributed by atoms with E-state index in [1.54, 1.807) is 0 Å². The highest BCUT2D eigenvalue weighted by Gasteiger charge is 2.39. The summed E-state index contributed by atoms with van der Waals surface area (Å²) in [5.41, 5.74) is -1.08. The van der Waals surface area contributed by atoms with Gasteiger partial charge < -0.3 is 15.2 Å². The zero-order chi connectivity index (χ0) is 14.8. The number of nitro groups is 1. The standard InChI is InChI=1S/C13H16N2O5/c1-20-10-5-2-4-9(15(18)19)11(10)12(17)14-13(8-16)6-3-7-13/h2,4-5,16H,3,6-8H2,1H3,(H,14,17). The Balaban J connectivity index is 2.35. The first kappa shape index (κ1) is 14.3. The van der Waals surface area contributed by atoms with E-state index in [0.717, 1.165) is 6.42 Å². The normalized spacial score (nSPS) is 16.1. The number of rotatable bonds is 5. The Bertz CT molecular complexity index is 534. The van der Waals surface area contributed by atoms with Gasteiger partial charge in [-0.1, -0.05) is 6.07 Å². The van der Waals surface area contributed by atoms with Gasteiger partial charge in [0.15, 0.2) is 5.56 Å². The van der Waals surface area contributed by atoms with E-state index in [4.69, 9.17) is 4.74 Å². The molecule has 2 N–H and O–H groups in total. The molecule has 7 nitrogen and oxygen atoms in total. The molecule has 0 spiro atoms. The predicted molar refractivity (Wildman–Crippen MR) is 70.8 cm³/mol. The maximum atomic E-state index is 12.3. The van der Waals surface area contributed by atoms with Gasteiger partial charge in [0.2, 0.25) is 0 Å². The monoisotopic (exact) mass is 280 g/mol. The summed E-state index contributed by atoms with van der Waals surface area (Å²) in [4.78, 5) is 22.7. The van der Waals surface area contributed by atoms with Crippen LogP contribution in [0.25, 0.3) is 0 Å². The van der Waals surface area contributed by atoms with Crippen LogP contribution in [0.15, 0.2) is 18.2 Å². The molecule has 0 radical (unpaired) electrons. The Labute approximate surface area is 115 Å². The number of benzene rings is 1. The smallest absolute Gasteiger partial charge is 0.285 e. The number of hydrogen-bond acceptors (Lipinski definition) is 5. The summed E-state index contributed by atoms with van der Waals surface area (Å²) >= 11 is 0. The number of amides is 1. The number of aliphatic hydroxyl groups excluding tert-OH is 1. The molecule has 2 rings (SSSR count). The Morgan fingerprint density at radius 2 is 2.25 bits per heavy atom. The van der Waals surface area contributed by atoms with Crippen molar-refractivity contribution in [2.24, 2.45) is 0 Å². The fourth-order valence-corrected chi connectivity index (χ4v) is 2.30. The van der Waals surface area contributed by atoms with Crippen LogP contribution in [0.5, 0.6) is 5.75 Å². The molecule has 108 valence electrons. The van der Waals surface area contributed by atoms with Crippen molar-refractivity contribution < 1.29 is 19.6 Å². The van der Waals surface area contributed by atoms with Crippen LogP contribution in [-0.4, -0.2) is 35.2 Å². The van der Waals surface area contributed by atoms with Crippen LogP contribution in [0, 0.1) is 10.1 Å². The number of nitro benzene ring substituents is 1. The van der Waals surface area contributed by atoms with Gasteiger partial charge in [-0.15, -0.1) is 0 Å². The van der Waals surface area contributed by atoms with Crippen LogP contribution in [0.1, 0.15) is 29.6 Å². The summed E-state index contributed by atoms with van der Waals surface area (Å²) in [5.74, 6) is -0.452. The summed E-state index contributed by atoms with van der Waals surface area (Å²) < 4.78 is 5.03. The molecule has 20 heavy (non-hydrogen) atoms. The molecule has 0 saturated heterocycles. The molecule has 0 atom stereocenters. The van der Waals surface area contributed by atoms with Gasteiger partial charge in [0, 0.05) is 6.07 Å². The summed E-state index contributed by atoms with van der Waals surface area (Å²) in [6.45, 7) is -0.179. The molecule has 1 aromatic carbocycles. The largest absolute Gasteiger partial charge is 0.496 e. The molecule has 1 aromatic rings. The Morgan fingerprint density at radius 3 is 2.70 bits per heavy atom. The molecule has 0 heterocycles. The topological polar surface area (TPSA) is 102 Å². The third-order valence-corrected chi connectivity index (χ3v) is 3.64. The summed E-state index contributed by atoms with van der Waals surface area (Å²) in [6.07, 6.45) is 2.24. The van der Waals surface area contributed by atoms with Gasteiger partial charge >= 0.3 is 0 Å². The van der Waals surface area contributed by atoms with E-state index in [1.807, 2.05) is 0 Å². The van der Waals surface area contributed by atoms with Crippen molar-refractivity contribution in [2.45, 2.75) is 24.8 Å². The lowest BCUT2D eigenvalue weighted by molar-refractivity contribution is -0.385. The summed E-state index contributed by atoms with van der Waals surface area (Å²) in [5, 5.41) is 23.1. The van der Waals surface area contributed by atoms with E-state index >= 15 is 0 Å². The second-order valence-electron chi connectivity index (χ2n) is 4.86. The second kappa shape index (κ2) is 5.46. The lowest BCUT2D eigenvalue weighted by Gasteiger charge is -2.40. The van der Waals surface area contributed by atoms with E-state index in [9.17, 15) is 20.0 Å². The molecule has 1 saturated carbocycles. The molecule has 0 aliphatic heterocycles. The van der Waals surface area contributed by atoms with Crippen LogP contribution in [-0.2, 0) is 0 Å². The third-order valence-electron chi connectivity index (χ3n) is 3.64. The highest BCUT2D eigenvalue weighted by molar-refractivity contribution is 6.01. The summed E-state index contributed by atoms with van der Waals surface area (Å²) in [6, 6.07) is 4.21. The van der Waals surface area contributed by atoms with Crippen LogP contribution in [0.2, 0.25) is 0 Å². The number of aliphatic hydroxyl groups is 1. The second-order valence-corrected chi connectivity index (χ2v) is 4.86. The van der Waals surface area contributed by atoms with Crippen molar-refractivity contribution in [1.82, 2.24) is 5.32 Å². The maximum Gasteiger partial charge on any atom is 0.285 e. The molecule has 0 bridgehead atoms. The van der Waals surface area contributed by atoms with E-state index < -0.39 is 16.4 Å². The predicted octanol–water partition coefficient (Wildman–Crippen LogP) is 1.25. The zero-order valence-electron chi connectivity index (χ0n) is 11.1. The highest BCUT2D eigenvalue weighted by Crippen LogP contribution is 2.34. The lowest BCUT2D eigenvalue weighted by Crippen LogP contribution is -2.56. The fraction of sp³-hybridized carbons (Fsp3) is 0.462.